The molecule has 1 aliphatic heterocycles. The lowest BCUT2D eigenvalue weighted by atomic mass is 10.1. The summed E-state index contributed by atoms with van der Waals surface area (Å²) >= 11 is 0. The zero-order valence-corrected chi connectivity index (χ0v) is 16.5. The summed E-state index contributed by atoms with van der Waals surface area (Å²) in [5, 5.41) is 5.84. The first-order valence-corrected chi connectivity index (χ1v) is 10.3. The number of rotatable bonds is 7. The first kappa shape index (κ1) is 20.1. The number of methoxy groups -OCH3 is 2. The summed E-state index contributed by atoms with van der Waals surface area (Å²) in [6.45, 7) is 1.35. The van der Waals surface area contributed by atoms with E-state index in [0.717, 1.165) is 13.0 Å². The van der Waals surface area contributed by atoms with Gasteiger partial charge in [-0.3, -0.25) is 4.79 Å². The molecule has 150 valence electrons. The summed E-state index contributed by atoms with van der Waals surface area (Å²) in [5.74, 6) is 0.267. The fourth-order valence-corrected chi connectivity index (χ4v) is 4.31. The molecule has 1 saturated heterocycles. The van der Waals surface area contributed by atoms with Gasteiger partial charge in [0.15, 0.2) is 0 Å². The highest BCUT2D eigenvalue weighted by Crippen LogP contribution is 2.27. The van der Waals surface area contributed by atoms with Crippen molar-refractivity contribution in [3.05, 3.63) is 48.0 Å². The van der Waals surface area contributed by atoms with E-state index in [1.165, 1.54) is 32.4 Å². The highest BCUT2D eigenvalue weighted by atomic mass is 32.2. The van der Waals surface area contributed by atoms with Crippen molar-refractivity contribution in [1.29, 1.82) is 0 Å². The summed E-state index contributed by atoms with van der Waals surface area (Å²) in [7, 11) is -0.836. The molecule has 1 atom stereocenters. The molecule has 1 amide bonds. The summed E-state index contributed by atoms with van der Waals surface area (Å²) in [6.07, 6.45) is 0.719. The Hall–Kier alpha value is -2.62. The number of nitrogens with one attached hydrogen (secondary N) is 3. The van der Waals surface area contributed by atoms with Crippen molar-refractivity contribution < 1.29 is 22.7 Å². The molecule has 1 fully saturated rings. The van der Waals surface area contributed by atoms with Gasteiger partial charge in [0.1, 0.15) is 11.5 Å². The van der Waals surface area contributed by atoms with Gasteiger partial charge >= 0.3 is 0 Å². The molecule has 9 heteroatoms. The molecule has 0 aromatic heterocycles. The van der Waals surface area contributed by atoms with Gasteiger partial charge in [-0.2, -0.15) is 0 Å². The standard InChI is InChI=1S/C19H23N3O5S/c1-26-17-8-7-14(28(24,25)22-13-9-10-20-12-13)11-15(17)19(23)21-16-5-3-4-6-18(16)27-2/h3-8,11,13,20,22H,9-10,12H2,1-2H3,(H,21,23)/t13-/m0/s1. The Bertz CT molecular complexity index is 956. The van der Waals surface area contributed by atoms with Gasteiger partial charge in [0.2, 0.25) is 10.0 Å². The van der Waals surface area contributed by atoms with Crippen LogP contribution in [-0.2, 0) is 10.0 Å². The minimum atomic E-state index is -3.76. The van der Waals surface area contributed by atoms with Crippen LogP contribution in [0.1, 0.15) is 16.8 Å². The Morgan fingerprint density at radius 1 is 1.11 bits per heavy atom. The zero-order valence-electron chi connectivity index (χ0n) is 15.7. The lowest BCUT2D eigenvalue weighted by molar-refractivity contribution is 0.102. The maximum Gasteiger partial charge on any atom is 0.259 e. The molecule has 8 nitrogen and oxygen atoms in total. The van der Waals surface area contributed by atoms with Crippen LogP contribution in [0, 0.1) is 0 Å². The summed E-state index contributed by atoms with van der Waals surface area (Å²) in [5.41, 5.74) is 0.585. The van der Waals surface area contributed by atoms with Gasteiger partial charge in [0, 0.05) is 12.6 Å². The number of para-hydroxylation sites is 2. The molecule has 2 aromatic rings. The third kappa shape index (κ3) is 4.44. The van der Waals surface area contributed by atoms with Crippen LogP contribution in [0.4, 0.5) is 5.69 Å². The van der Waals surface area contributed by atoms with E-state index in [2.05, 4.69) is 15.4 Å². The topological polar surface area (TPSA) is 106 Å². The van der Waals surface area contributed by atoms with Crippen molar-refractivity contribution in [3.8, 4) is 11.5 Å². The maximum absolute atomic E-state index is 12.8. The van der Waals surface area contributed by atoms with Gasteiger partial charge in [-0.05, 0) is 43.3 Å². The quantitative estimate of drug-likeness (QED) is 0.646. The zero-order chi connectivity index (χ0) is 20.1. The predicted molar refractivity (Wildman–Crippen MR) is 106 cm³/mol. The first-order chi connectivity index (χ1) is 13.4. The van der Waals surface area contributed by atoms with Crippen molar-refractivity contribution in [2.45, 2.75) is 17.4 Å². The number of hydrogen-bond donors (Lipinski definition) is 3. The number of hydrogen-bond acceptors (Lipinski definition) is 6. The summed E-state index contributed by atoms with van der Waals surface area (Å²) < 4.78 is 38.5. The fourth-order valence-electron chi connectivity index (χ4n) is 3.01. The van der Waals surface area contributed by atoms with Gasteiger partial charge in [-0.25, -0.2) is 13.1 Å². The smallest absolute Gasteiger partial charge is 0.259 e. The number of benzene rings is 2. The minimum absolute atomic E-state index is 0.00498. The van der Waals surface area contributed by atoms with Crippen LogP contribution in [-0.4, -0.2) is 47.7 Å². The predicted octanol–water partition coefficient (Wildman–Crippen LogP) is 1.60. The number of carbonyl (C=O) groups excluding carboxylic acids is 1. The Balaban J connectivity index is 1.89. The second-order valence-corrected chi connectivity index (χ2v) is 8.04. The largest absolute Gasteiger partial charge is 0.496 e. The first-order valence-electron chi connectivity index (χ1n) is 8.80. The van der Waals surface area contributed by atoms with Gasteiger partial charge < -0.3 is 20.1 Å². The van der Waals surface area contributed by atoms with Gasteiger partial charge in [-0.1, -0.05) is 12.1 Å². The van der Waals surface area contributed by atoms with Crippen molar-refractivity contribution in [3.63, 3.8) is 0 Å². The highest BCUT2D eigenvalue weighted by molar-refractivity contribution is 7.89. The number of sulfonamides is 1. The second kappa shape index (κ2) is 8.59. The van der Waals surface area contributed by atoms with E-state index < -0.39 is 15.9 Å². The van der Waals surface area contributed by atoms with E-state index in [9.17, 15) is 13.2 Å². The van der Waals surface area contributed by atoms with E-state index >= 15 is 0 Å². The fraction of sp³-hybridized carbons (Fsp3) is 0.316. The molecule has 0 saturated carbocycles. The lowest BCUT2D eigenvalue weighted by Gasteiger charge is -2.15. The maximum atomic E-state index is 12.8. The number of anilines is 1. The van der Waals surface area contributed by atoms with Gasteiger partial charge in [0.05, 0.1) is 30.4 Å². The monoisotopic (exact) mass is 405 g/mol. The Labute approximate surface area is 164 Å². The van der Waals surface area contributed by atoms with E-state index in [1.807, 2.05) is 0 Å². The number of amides is 1. The van der Waals surface area contributed by atoms with Crippen molar-refractivity contribution >= 4 is 21.6 Å². The Morgan fingerprint density at radius 2 is 1.86 bits per heavy atom. The molecular formula is C19H23N3O5S. The van der Waals surface area contributed by atoms with Crippen LogP contribution in [0.15, 0.2) is 47.4 Å². The molecule has 0 bridgehead atoms. The number of ether oxygens (including phenoxy) is 2. The molecule has 0 radical (unpaired) electrons. The van der Waals surface area contributed by atoms with Crippen LogP contribution >= 0.6 is 0 Å². The van der Waals surface area contributed by atoms with Crippen LogP contribution in [0.5, 0.6) is 11.5 Å². The van der Waals surface area contributed by atoms with Crippen LogP contribution in [0.3, 0.4) is 0 Å². The van der Waals surface area contributed by atoms with Crippen molar-refractivity contribution in [2.75, 3.05) is 32.6 Å². The van der Waals surface area contributed by atoms with Crippen molar-refractivity contribution in [1.82, 2.24) is 10.0 Å². The minimum Gasteiger partial charge on any atom is -0.496 e. The third-order valence-electron chi connectivity index (χ3n) is 4.46. The van der Waals surface area contributed by atoms with Crippen LogP contribution in [0.25, 0.3) is 0 Å². The molecule has 3 N–H and O–H groups in total. The molecular weight excluding hydrogens is 382 g/mol. The molecule has 0 spiro atoms. The van der Waals surface area contributed by atoms with Crippen molar-refractivity contribution in [2.24, 2.45) is 0 Å². The molecule has 0 unspecified atom stereocenters. The lowest BCUT2D eigenvalue weighted by Crippen LogP contribution is -2.36. The third-order valence-corrected chi connectivity index (χ3v) is 5.98. The Kier molecular flexibility index (Phi) is 6.18. The highest BCUT2D eigenvalue weighted by Gasteiger charge is 2.25. The van der Waals surface area contributed by atoms with E-state index in [0.29, 0.717) is 18.0 Å². The number of carbonyl (C=O) groups is 1. The molecule has 2 aromatic carbocycles. The van der Waals surface area contributed by atoms with Crippen LogP contribution in [0.2, 0.25) is 0 Å². The van der Waals surface area contributed by atoms with E-state index in [-0.39, 0.29) is 22.3 Å². The van der Waals surface area contributed by atoms with E-state index in [4.69, 9.17) is 9.47 Å². The van der Waals surface area contributed by atoms with E-state index in [1.54, 1.807) is 24.3 Å². The normalized spacial score (nSPS) is 16.6. The molecule has 0 aliphatic carbocycles. The summed E-state index contributed by atoms with van der Waals surface area (Å²) in [4.78, 5) is 12.8. The average Bonchev–Trinajstić information content (AvgIpc) is 3.20. The molecule has 1 aliphatic rings. The van der Waals surface area contributed by atoms with Gasteiger partial charge in [-0.15, -0.1) is 0 Å². The average molecular weight is 405 g/mol. The molecule has 3 rings (SSSR count). The molecule has 28 heavy (non-hydrogen) atoms. The second-order valence-electron chi connectivity index (χ2n) is 6.33. The molecule has 1 heterocycles. The van der Waals surface area contributed by atoms with Crippen LogP contribution < -0.4 is 24.8 Å². The SMILES string of the molecule is COc1ccccc1NC(=O)c1cc(S(=O)(=O)N[C@H]2CCNC2)ccc1OC. The van der Waals surface area contributed by atoms with Gasteiger partial charge in [0.25, 0.3) is 5.91 Å². The Morgan fingerprint density at radius 3 is 2.54 bits per heavy atom. The summed E-state index contributed by atoms with van der Waals surface area (Å²) in [6, 6.07) is 11.0.